The Kier molecular flexibility index (Phi) is 7.85. The summed E-state index contributed by atoms with van der Waals surface area (Å²) in [5, 5.41) is 8.51. The van der Waals surface area contributed by atoms with Crippen LogP contribution in [0.5, 0.6) is 11.5 Å². The highest BCUT2D eigenvalue weighted by Crippen LogP contribution is 2.43. The molecule has 8 rings (SSSR count). The molecule has 0 atom stereocenters. The molecule has 62 heavy (non-hydrogen) atoms. The number of nitrogens with zero attached hydrogens (tertiary/aromatic N) is 2. The predicted octanol–water partition coefficient (Wildman–Crippen LogP) is 16.9. The van der Waals surface area contributed by atoms with Crippen molar-refractivity contribution in [2.24, 2.45) is 0 Å². The first-order valence-corrected chi connectivity index (χ1v) is 21.0. The van der Waals surface area contributed by atoms with Crippen LogP contribution < -0.4 is 15.4 Å². The number of ether oxygens (including phenoxy) is 1. The number of aromatic nitrogens is 2. The van der Waals surface area contributed by atoms with Crippen molar-refractivity contribution in [2.75, 3.05) is 10.6 Å². The van der Waals surface area contributed by atoms with Gasteiger partial charge in [0.2, 0.25) is 0 Å². The lowest BCUT2D eigenvalue weighted by molar-refractivity contribution is 0.484. The van der Waals surface area contributed by atoms with E-state index in [0.717, 1.165) is 73.6 Å². The molecule has 0 saturated heterocycles. The molecule has 0 aliphatic rings. The highest BCUT2D eigenvalue weighted by molar-refractivity contribution is 6.09. The first-order valence-electron chi connectivity index (χ1n) is 28.0. The molecule has 0 bridgehead atoms. The number of anilines is 4. The number of hydrogen-bond acceptors (Lipinski definition) is 4. The van der Waals surface area contributed by atoms with Gasteiger partial charge in [0, 0.05) is 59.7 Å². The third-order valence-electron chi connectivity index (χ3n) is 11.4. The van der Waals surface area contributed by atoms with Crippen LogP contribution in [0.4, 0.5) is 22.7 Å². The number of para-hydroxylation sites is 4. The molecule has 0 fully saturated rings. The highest BCUT2D eigenvalue weighted by atomic mass is 16.5. The molecule has 0 aliphatic carbocycles. The molecule has 8 aromatic rings. The van der Waals surface area contributed by atoms with Crippen LogP contribution in [0.2, 0.25) is 0 Å². The van der Waals surface area contributed by atoms with E-state index in [2.05, 4.69) is 100 Å². The van der Waals surface area contributed by atoms with Crippen LogP contribution in [-0.4, -0.2) is 9.55 Å². The maximum Gasteiger partial charge on any atom is 0.137 e. The molecule has 0 unspecified atom stereocenters. The van der Waals surface area contributed by atoms with Crippen LogP contribution in [0.3, 0.4) is 0 Å². The lowest BCUT2D eigenvalue weighted by atomic mass is 9.85. The first kappa shape index (κ1) is 28.3. The second-order valence-corrected chi connectivity index (χ2v) is 17.4. The van der Waals surface area contributed by atoms with Crippen molar-refractivity contribution in [3.63, 3.8) is 0 Å². The molecule has 5 nitrogen and oxygen atoms in total. The summed E-state index contributed by atoms with van der Waals surface area (Å²) in [6.45, 7) is 0.744. The van der Waals surface area contributed by atoms with Gasteiger partial charge >= 0.3 is 0 Å². The topological polar surface area (TPSA) is 51.1 Å². The van der Waals surface area contributed by atoms with Crippen molar-refractivity contribution < 1.29 is 23.9 Å². The lowest BCUT2D eigenvalue weighted by Crippen LogP contribution is -2.12. The van der Waals surface area contributed by atoms with Gasteiger partial charge in [0.15, 0.2) is 0 Å². The van der Waals surface area contributed by atoms with Crippen molar-refractivity contribution >= 4 is 44.6 Å². The monoisotopic (exact) mass is 833 g/mol. The van der Waals surface area contributed by atoms with E-state index in [-0.39, 0.29) is 22.9 Å². The zero-order chi connectivity index (χ0) is 55.7. The van der Waals surface area contributed by atoms with Gasteiger partial charge in [0.25, 0.3) is 0 Å². The van der Waals surface area contributed by atoms with E-state index < -0.39 is 56.0 Å². The normalized spacial score (nSPS) is 16.5. The fourth-order valence-electron chi connectivity index (χ4n) is 8.26. The van der Waals surface area contributed by atoms with Gasteiger partial charge in [-0.2, -0.15) is 0 Å². The molecule has 2 N–H and O–H groups in total. The van der Waals surface area contributed by atoms with Crippen molar-refractivity contribution in [2.45, 2.75) is 105 Å². The lowest BCUT2D eigenvalue weighted by Gasteiger charge is -2.23. The van der Waals surface area contributed by atoms with Crippen LogP contribution >= 0.6 is 0 Å². The van der Waals surface area contributed by atoms with Crippen LogP contribution in [0.1, 0.15) is 147 Å². The van der Waals surface area contributed by atoms with Crippen LogP contribution in [-0.2, 0) is 5.41 Å². The van der Waals surface area contributed by atoms with E-state index in [1.807, 2.05) is 54.7 Å². The Morgan fingerprint density at radius 2 is 1.21 bits per heavy atom. The quantitative estimate of drug-likeness (QED) is 0.129. The largest absolute Gasteiger partial charge is 0.457 e. The fraction of sp³-hybridized carbons (Fsp3) is 0.281. The molecular weight excluding hydrogens is 757 g/mol. The Bertz CT molecular complexity index is 3340. The first-order chi connectivity index (χ1) is 35.3. The second-order valence-electron chi connectivity index (χ2n) is 17.4. The van der Waals surface area contributed by atoms with Crippen molar-refractivity contribution in [3.05, 3.63) is 167 Å². The predicted molar refractivity (Wildman–Crippen MR) is 265 cm³/mol. The average Bonchev–Trinajstić information content (AvgIpc) is 3.68. The number of nitrogens with one attached hydrogen (secondary N) is 2. The minimum Gasteiger partial charge on any atom is -0.457 e. The number of fused-ring (bicyclic) bond motifs is 3. The van der Waals surface area contributed by atoms with Gasteiger partial charge in [-0.25, -0.2) is 4.98 Å². The fourth-order valence-corrected chi connectivity index (χ4v) is 8.26. The molecule has 0 saturated carbocycles. The zero-order valence-electron chi connectivity index (χ0n) is 50.2. The standard InChI is InChI=1S/C57H62N4O/c1-35(2)44-19-16-20-45(36(3)4)55(44)39-30-41(59-50-23-13-14-24-51(50)60-56-46(37(5)6)21-17-22-47(56)38(7)8)33-43(31-39)62-42-26-27-49-48-18-12-15-25-52(48)61(53(49)34-42)54-32-40(28-29-58-54)57(9,10)11/h12-38,59-60H,1-11H3/i5D3,6D3,7D3,8D3,37D,38D. The minimum absolute atomic E-state index is 0.105. The molecule has 316 valence electrons. The van der Waals surface area contributed by atoms with Crippen molar-refractivity contribution in [1.82, 2.24) is 9.55 Å². The highest BCUT2D eigenvalue weighted by Gasteiger charge is 2.21. The maximum atomic E-state index is 9.25. The molecule has 0 radical (unpaired) electrons. The summed E-state index contributed by atoms with van der Waals surface area (Å²) in [5.74, 6) is -4.90. The van der Waals surface area contributed by atoms with Gasteiger partial charge in [0.1, 0.15) is 17.3 Å². The average molecular weight is 833 g/mol. The molecule has 6 aromatic carbocycles. The van der Waals surface area contributed by atoms with Gasteiger partial charge < -0.3 is 15.4 Å². The summed E-state index contributed by atoms with van der Waals surface area (Å²) in [6.07, 6.45) is 1.83. The summed E-state index contributed by atoms with van der Waals surface area (Å²) < 4.78 is 128. The van der Waals surface area contributed by atoms with Crippen LogP contribution in [0.25, 0.3) is 38.8 Å². The smallest absolute Gasteiger partial charge is 0.137 e. The second kappa shape index (κ2) is 17.2. The Hall–Kier alpha value is -6.33. The Morgan fingerprint density at radius 3 is 1.85 bits per heavy atom. The van der Waals surface area contributed by atoms with Gasteiger partial charge in [-0.05, 0) is 123 Å². The molecule has 0 aliphatic heterocycles. The van der Waals surface area contributed by atoms with E-state index in [0.29, 0.717) is 22.9 Å². The van der Waals surface area contributed by atoms with E-state index >= 15 is 0 Å². The Balaban J connectivity index is 1.32. The molecule has 2 heterocycles. The van der Waals surface area contributed by atoms with Crippen LogP contribution in [0.15, 0.2) is 140 Å². The summed E-state index contributed by atoms with van der Waals surface area (Å²) >= 11 is 0. The SMILES string of the molecule is [2H]C([2H])([2H])C([2H])(c1cccc(C([2H])(C([2H])([2H])[2H])C([2H])([2H])[2H])c1Nc1ccccc1Nc1cc(Oc2ccc3c4ccccc4n(-c4cc(C(C)(C)C)ccn4)c3c2)cc(-c2c(C(C)C)cccc2C(C)C)c1)C([2H])([2H])[2H]. The van der Waals surface area contributed by atoms with E-state index in [9.17, 15) is 2.74 Å². The molecule has 0 spiro atoms. The van der Waals surface area contributed by atoms with E-state index in [4.69, 9.17) is 26.2 Å². The van der Waals surface area contributed by atoms with Gasteiger partial charge in [-0.15, -0.1) is 0 Å². The number of hydrogen-bond donors (Lipinski definition) is 2. The van der Waals surface area contributed by atoms with Gasteiger partial charge in [-0.1, -0.05) is 143 Å². The van der Waals surface area contributed by atoms with Gasteiger partial charge in [-0.3, -0.25) is 4.57 Å². The summed E-state index contributed by atoms with van der Waals surface area (Å²) in [6, 6.07) is 39.9. The maximum absolute atomic E-state index is 9.25. The minimum atomic E-state index is -3.57. The Morgan fingerprint density at radius 1 is 0.597 bits per heavy atom. The zero-order valence-corrected chi connectivity index (χ0v) is 36.2. The third-order valence-corrected chi connectivity index (χ3v) is 11.4. The van der Waals surface area contributed by atoms with Gasteiger partial charge in [0.05, 0.1) is 22.4 Å². The van der Waals surface area contributed by atoms with Crippen LogP contribution in [0, 0.1) is 0 Å². The molecule has 2 aromatic heterocycles. The van der Waals surface area contributed by atoms with E-state index in [1.54, 1.807) is 30.3 Å². The van der Waals surface area contributed by atoms with Crippen molar-refractivity contribution in [3.8, 4) is 28.4 Å². The third kappa shape index (κ3) is 8.46. The van der Waals surface area contributed by atoms with E-state index in [1.165, 1.54) is 0 Å². The summed E-state index contributed by atoms with van der Waals surface area (Å²) in [4.78, 5) is 4.85. The number of rotatable bonds is 12. The Labute approximate surface area is 388 Å². The number of benzene rings is 6. The summed E-state index contributed by atoms with van der Waals surface area (Å²) in [7, 11) is 0. The summed E-state index contributed by atoms with van der Waals surface area (Å²) in [5.41, 5.74) is 5.65. The number of pyridine rings is 1. The molecular formula is C57H62N4O. The molecule has 0 amide bonds. The molecule has 5 heteroatoms. The van der Waals surface area contributed by atoms with Crippen molar-refractivity contribution in [1.29, 1.82) is 0 Å².